The van der Waals surface area contributed by atoms with E-state index in [1.807, 2.05) is 42.7 Å². The van der Waals surface area contributed by atoms with Crippen LogP contribution in [0.25, 0.3) is 33.5 Å². The first-order valence-electron chi connectivity index (χ1n) is 14.8. The monoisotopic (exact) mass is 638 g/mol. The molecule has 7 rings (SSSR count). The van der Waals surface area contributed by atoms with Crippen molar-refractivity contribution >= 4 is 34.3 Å². The van der Waals surface area contributed by atoms with Crippen molar-refractivity contribution in [2.45, 2.75) is 42.7 Å². The third kappa shape index (κ3) is 5.49. The molecule has 232 valence electrons. The van der Waals surface area contributed by atoms with Crippen LogP contribution in [0.1, 0.15) is 42.2 Å². The first kappa shape index (κ1) is 29.6. The molecule has 2 aromatic carbocycles. The van der Waals surface area contributed by atoms with Crippen molar-refractivity contribution in [1.29, 1.82) is 0 Å². The van der Waals surface area contributed by atoms with E-state index in [1.54, 1.807) is 17.8 Å². The second-order valence-electron chi connectivity index (χ2n) is 11.3. The van der Waals surface area contributed by atoms with Gasteiger partial charge >= 0.3 is 5.69 Å². The van der Waals surface area contributed by atoms with E-state index in [9.17, 15) is 23.2 Å². The molecule has 1 N–H and O–H groups in total. The third-order valence-corrected chi connectivity index (χ3v) is 9.17. The fourth-order valence-corrected chi connectivity index (χ4v) is 6.64. The quantitative estimate of drug-likeness (QED) is 0.232. The van der Waals surface area contributed by atoms with Gasteiger partial charge in [-0.1, -0.05) is 24.3 Å². The van der Waals surface area contributed by atoms with Crippen LogP contribution < -0.4 is 16.6 Å². The van der Waals surface area contributed by atoms with Crippen LogP contribution in [0, 0.1) is 11.6 Å². The lowest BCUT2D eigenvalue weighted by Gasteiger charge is -2.30. The average molecular weight is 639 g/mol. The van der Waals surface area contributed by atoms with Crippen molar-refractivity contribution in [2.75, 3.05) is 6.26 Å². The molecule has 1 amide bonds. The molecule has 0 saturated heterocycles. The van der Waals surface area contributed by atoms with Gasteiger partial charge in [0.05, 0.1) is 17.3 Å². The minimum atomic E-state index is -0.676. The summed E-state index contributed by atoms with van der Waals surface area (Å²) >= 11 is 1.63. The summed E-state index contributed by atoms with van der Waals surface area (Å²) in [6.45, 7) is 0. The maximum absolute atomic E-state index is 14.4. The number of imidazole rings is 1. The topological polar surface area (TPSA) is 103 Å². The van der Waals surface area contributed by atoms with E-state index in [2.05, 4.69) is 21.4 Å². The molecule has 4 aromatic heterocycles. The predicted molar refractivity (Wildman–Crippen MR) is 173 cm³/mol. The number of thioether (sulfide) groups is 1. The molecule has 12 heteroatoms. The zero-order chi connectivity index (χ0) is 31.9. The number of fused-ring (bicyclic) bond motifs is 2. The number of benzene rings is 2. The molecular formula is C34H28F2N6O3S. The zero-order valence-electron chi connectivity index (χ0n) is 24.7. The van der Waals surface area contributed by atoms with Crippen LogP contribution in [0.3, 0.4) is 0 Å². The number of pyridine rings is 2. The summed E-state index contributed by atoms with van der Waals surface area (Å²) in [6.07, 6.45) is 7.61. The van der Waals surface area contributed by atoms with Crippen LogP contribution in [-0.2, 0) is 0 Å². The average Bonchev–Trinajstić information content (AvgIpc) is 3.50. The first-order valence-corrected chi connectivity index (χ1v) is 16.0. The standard InChI is InChI=1S/C34H28F2N6O3S/c1-46-27-7-3-5-21(15-27)20-4-2-6-26(14-20)41-31-28(16-23(36)17-37-31)33(44)42(34(41)45)25-11-9-24(10-12-25)38-32(43)29-19-40-18-22(35)8-13-30(40)39-29/h2-8,13-19,24-25H,9-12H2,1H3,(H,38,43)/t24-,25+. The molecule has 0 atom stereocenters. The Morgan fingerprint density at radius 3 is 2.46 bits per heavy atom. The Morgan fingerprint density at radius 2 is 1.67 bits per heavy atom. The molecule has 9 nitrogen and oxygen atoms in total. The molecule has 0 unspecified atom stereocenters. The van der Waals surface area contributed by atoms with Crippen molar-refractivity contribution in [3.05, 3.63) is 123 Å². The van der Waals surface area contributed by atoms with Crippen molar-refractivity contribution in [3.63, 3.8) is 0 Å². The van der Waals surface area contributed by atoms with E-state index >= 15 is 0 Å². The fourth-order valence-electron chi connectivity index (χ4n) is 6.18. The first-order chi connectivity index (χ1) is 22.3. The van der Waals surface area contributed by atoms with E-state index in [0.717, 1.165) is 28.3 Å². The van der Waals surface area contributed by atoms with Gasteiger partial charge in [0.15, 0.2) is 5.65 Å². The molecule has 4 heterocycles. The highest BCUT2D eigenvalue weighted by Crippen LogP contribution is 2.29. The Hall–Kier alpha value is -5.10. The number of rotatable bonds is 6. The van der Waals surface area contributed by atoms with E-state index in [1.165, 1.54) is 38.1 Å². The Labute approximate surface area is 265 Å². The van der Waals surface area contributed by atoms with Crippen molar-refractivity contribution in [3.8, 4) is 16.8 Å². The van der Waals surface area contributed by atoms with Crippen LogP contribution in [0.2, 0.25) is 0 Å². The third-order valence-electron chi connectivity index (χ3n) is 8.44. The van der Waals surface area contributed by atoms with E-state index in [0.29, 0.717) is 37.0 Å². The number of nitrogens with one attached hydrogen (secondary N) is 1. The molecule has 1 fully saturated rings. The molecule has 0 aliphatic heterocycles. The highest BCUT2D eigenvalue weighted by Gasteiger charge is 2.28. The molecule has 6 aromatic rings. The number of carbonyl (C=O) groups is 1. The van der Waals surface area contributed by atoms with Gasteiger partial charge < -0.3 is 9.72 Å². The lowest BCUT2D eigenvalue weighted by molar-refractivity contribution is 0.0917. The van der Waals surface area contributed by atoms with Crippen molar-refractivity contribution in [2.24, 2.45) is 0 Å². The lowest BCUT2D eigenvalue weighted by Crippen LogP contribution is -2.45. The maximum atomic E-state index is 14.4. The number of amides is 1. The van der Waals surface area contributed by atoms with Gasteiger partial charge in [-0.3, -0.25) is 14.2 Å². The number of halogens is 2. The Morgan fingerprint density at radius 1 is 0.913 bits per heavy atom. The van der Waals surface area contributed by atoms with E-state index in [4.69, 9.17) is 0 Å². The summed E-state index contributed by atoms with van der Waals surface area (Å²) < 4.78 is 32.0. The van der Waals surface area contributed by atoms with Crippen LogP contribution in [0.4, 0.5) is 8.78 Å². The van der Waals surface area contributed by atoms with Gasteiger partial charge in [0.1, 0.15) is 23.0 Å². The number of nitrogens with zero attached hydrogens (tertiary/aromatic N) is 5. The summed E-state index contributed by atoms with van der Waals surface area (Å²) in [4.78, 5) is 50.4. The molecular weight excluding hydrogens is 610 g/mol. The summed E-state index contributed by atoms with van der Waals surface area (Å²) in [5, 5.41) is 2.98. The number of hydrogen-bond acceptors (Lipinski definition) is 6. The molecule has 0 bridgehead atoms. The second kappa shape index (κ2) is 12.0. The van der Waals surface area contributed by atoms with Gasteiger partial charge in [0, 0.05) is 29.4 Å². The molecule has 1 aliphatic carbocycles. The Balaban J connectivity index is 1.20. The Kier molecular flexibility index (Phi) is 7.73. The molecule has 0 spiro atoms. The predicted octanol–water partition coefficient (Wildman–Crippen LogP) is 5.78. The highest BCUT2D eigenvalue weighted by atomic mass is 32.2. The van der Waals surface area contributed by atoms with E-state index < -0.39 is 28.9 Å². The number of aromatic nitrogens is 5. The smallest absolute Gasteiger partial charge is 0.337 e. The second-order valence-corrected chi connectivity index (χ2v) is 12.2. The van der Waals surface area contributed by atoms with Gasteiger partial charge in [-0.25, -0.2) is 28.1 Å². The SMILES string of the molecule is CSc1cccc(-c2cccc(-n3c(=O)n([C@H]4CC[C@@H](NC(=O)c5cn6cc(F)ccc6n5)CC4)c(=O)c4cc(F)cnc43)c2)c1. The normalized spacial score (nSPS) is 16.6. The van der Waals surface area contributed by atoms with Gasteiger partial charge in [0.2, 0.25) is 0 Å². The summed E-state index contributed by atoms with van der Waals surface area (Å²) in [5.41, 5.74) is 1.88. The fraction of sp³-hybridized carbons (Fsp3) is 0.206. The molecule has 1 saturated carbocycles. The summed E-state index contributed by atoms with van der Waals surface area (Å²) in [6, 6.07) is 18.7. The zero-order valence-corrected chi connectivity index (χ0v) is 25.5. The maximum Gasteiger partial charge on any atom is 0.337 e. The van der Waals surface area contributed by atoms with Gasteiger partial charge in [0.25, 0.3) is 11.5 Å². The van der Waals surface area contributed by atoms with Crippen LogP contribution in [0.15, 0.2) is 99.8 Å². The van der Waals surface area contributed by atoms with Crippen molar-refractivity contribution < 1.29 is 13.6 Å². The minimum absolute atomic E-state index is 0.00750. The van der Waals surface area contributed by atoms with Gasteiger partial charge in [-0.05, 0) is 85.5 Å². The molecule has 0 radical (unpaired) electrons. The lowest BCUT2D eigenvalue weighted by atomic mass is 9.90. The molecule has 1 aliphatic rings. The van der Waals surface area contributed by atoms with E-state index in [-0.39, 0.29) is 28.7 Å². The number of hydrogen-bond donors (Lipinski definition) is 1. The number of carbonyl (C=O) groups excluding carboxylic acids is 1. The van der Waals surface area contributed by atoms with Gasteiger partial charge in [-0.15, -0.1) is 11.8 Å². The van der Waals surface area contributed by atoms with Crippen LogP contribution in [0.5, 0.6) is 0 Å². The minimum Gasteiger partial charge on any atom is -0.348 e. The summed E-state index contributed by atoms with van der Waals surface area (Å²) in [7, 11) is 0. The molecule has 46 heavy (non-hydrogen) atoms. The highest BCUT2D eigenvalue weighted by molar-refractivity contribution is 7.98. The summed E-state index contributed by atoms with van der Waals surface area (Å²) in [5.74, 6) is -1.50. The van der Waals surface area contributed by atoms with Crippen LogP contribution >= 0.6 is 11.8 Å². The largest absolute Gasteiger partial charge is 0.348 e. The van der Waals surface area contributed by atoms with Crippen LogP contribution in [-0.4, -0.2) is 41.7 Å². The van der Waals surface area contributed by atoms with Gasteiger partial charge in [-0.2, -0.15) is 0 Å². The van der Waals surface area contributed by atoms with Crippen molar-refractivity contribution in [1.82, 2.24) is 28.8 Å². The Bertz CT molecular complexity index is 2250.